The van der Waals surface area contributed by atoms with Gasteiger partial charge in [0.1, 0.15) is 0 Å². The predicted octanol–water partition coefficient (Wildman–Crippen LogP) is 4.53. The van der Waals surface area contributed by atoms with Crippen molar-refractivity contribution in [2.45, 2.75) is 19.4 Å². The van der Waals surface area contributed by atoms with E-state index in [1.165, 1.54) is 0 Å². The standard InChI is InChI=1S/C15H14ClIO/c1-10-5-6-11(14(16)7-10)9-15(18)12-3-2-4-13(17)8-12/h2-8,15,18H,9H2,1H3. The molecule has 1 nitrogen and oxygen atoms in total. The molecule has 0 aliphatic carbocycles. The SMILES string of the molecule is Cc1ccc(CC(O)c2cccc(I)c2)c(Cl)c1. The first-order valence-corrected chi connectivity index (χ1v) is 7.20. The lowest BCUT2D eigenvalue weighted by molar-refractivity contribution is 0.178. The third kappa shape index (κ3) is 3.46. The Bertz CT molecular complexity index is 554. The Labute approximate surface area is 126 Å². The zero-order chi connectivity index (χ0) is 13.1. The smallest absolute Gasteiger partial charge is 0.0831 e. The molecule has 2 aromatic rings. The van der Waals surface area contributed by atoms with Gasteiger partial charge >= 0.3 is 0 Å². The van der Waals surface area contributed by atoms with Crippen molar-refractivity contribution < 1.29 is 5.11 Å². The van der Waals surface area contributed by atoms with Crippen LogP contribution in [0.5, 0.6) is 0 Å². The summed E-state index contributed by atoms with van der Waals surface area (Å²) < 4.78 is 1.12. The number of benzene rings is 2. The molecule has 0 bridgehead atoms. The van der Waals surface area contributed by atoms with Crippen LogP contribution in [0.4, 0.5) is 0 Å². The number of halogens is 2. The van der Waals surface area contributed by atoms with E-state index in [-0.39, 0.29) is 0 Å². The number of aliphatic hydroxyl groups is 1. The molecule has 0 heterocycles. The molecule has 0 aromatic heterocycles. The Morgan fingerprint density at radius 2 is 2.00 bits per heavy atom. The zero-order valence-corrected chi connectivity index (χ0v) is 12.9. The first-order chi connectivity index (χ1) is 8.56. The van der Waals surface area contributed by atoms with Crippen molar-refractivity contribution in [3.05, 3.63) is 67.7 Å². The highest BCUT2D eigenvalue weighted by molar-refractivity contribution is 14.1. The second-order valence-electron chi connectivity index (χ2n) is 4.37. The van der Waals surface area contributed by atoms with E-state index in [4.69, 9.17) is 11.6 Å². The number of aliphatic hydroxyl groups excluding tert-OH is 1. The molecule has 0 amide bonds. The van der Waals surface area contributed by atoms with Crippen LogP contribution < -0.4 is 0 Å². The molecule has 0 aliphatic heterocycles. The first-order valence-electron chi connectivity index (χ1n) is 5.75. The molecule has 2 rings (SSSR count). The average molecular weight is 373 g/mol. The third-order valence-electron chi connectivity index (χ3n) is 2.86. The van der Waals surface area contributed by atoms with Crippen molar-refractivity contribution in [3.8, 4) is 0 Å². The second-order valence-corrected chi connectivity index (χ2v) is 6.02. The van der Waals surface area contributed by atoms with E-state index in [2.05, 4.69) is 22.6 Å². The fraction of sp³-hybridized carbons (Fsp3) is 0.200. The summed E-state index contributed by atoms with van der Waals surface area (Å²) in [4.78, 5) is 0. The van der Waals surface area contributed by atoms with Gasteiger partial charge in [-0.25, -0.2) is 0 Å². The van der Waals surface area contributed by atoms with Crippen molar-refractivity contribution in [2.24, 2.45) is 0 Å². The van der Waals surface area contributed by atoms with Gasteiger partial charge in [0.25, 0.3) is 0 Å². The van der Waals surface area contributed by atoms with Crippen molar-refractivity contribution in [1.82, 2.24) is 0 Å². The quantitative estimate of drug-likeness (QED) is 0.785. The summed E-state index contributed by atoms with van der Waals surface area (Å²) in [5, 5.41) is 11.0. The minimum Gasteiger partial charge on any atom is -0.388 e. The van der Waals surface area contributed by atoms with E-state index < -0.39 is 6.10 Å². The van der Waals surface area contributed by atoms with Crippen molar-refractivity contribution in [3.63, 3.8) is 0 Å². The van der Waals surface area contributed by atoms with Gasteiger partial charge in [0.05, 0.1) is 6.10 Å². The molecule has 94 valence electrons. The topological polar surface area (TPSA) is 20.2 Å². The molecular formula is C15H14ClIO. The summed E-state index contributed by atoms with van der Waals surface area (Å²) in [5.74, 6) is 0. The van der Waals surface area contributed by atoms with Crippen molar-refractivity contribution in [2.75, 3.05) is 0 Å². The van der Waals surface area contributed by atoms with Crippen molar-refractivity contribution >= 4 is 34.2 Å². The predicted molar refractivity (Wildman–Crippen MR) is 84.0 cm³/mol. The molecule has 3 heteroatoms. The molecule has 1 N–H and O–H groups in total. The van der Waals surface area contributed by atoms with Crippen LogP contribution >= 0.6 is 34.2 Å². The average Bonchev–Trinajstić information content (AvgIpc) is 2.32. The molecule has 0 fully saturated rings. The largest absolute Gasteiger partial charge is 0.388 e. The van der Waals surface area contributed by atoms with Crippen LogP contribution in [0.2, 0.25) is 5.02 Å². The maximum absolute atomic E-state index is 10.2. The summed E-state index contributed by atoms with van der Waals surface area (Å²) in [6.07, 6.45) is 0.0269. The van der Waals surface area contributed by atoms with Gasteiger partial charge in [-0.15, -0.1) is 0 Å². The number of rotatable bonds is 3. The zero-order valence-electron chi connectivity index (χ0n) is 10.0. The molecule has 2 aromatic carbocycles. The first kappa shape index (κ1) is 13.8. The minimum absolute atomic E-state index is 0.514. The van der Waals surface area contributed by atoms with Gasteiger partial charge in [-0.05, 0) is 64.4 Å². The lowest BCUT2D eigenvalue weighted by Crippen LogP contribution is -2.02. The monoisotopic (exact) mass is 372 g/mol. The maximum atomic E-state index is 10.2. The molecule has 1 unspecified atom stereocenters. The van der Waals surface area contributed by atoms with Gasteiger partial charge in [-0.2, -0.15) is 0 Å². The van der Waals surface area contributed by atoms with E-state index >= 15 is 0 Å². The lowest BCUT2D eigenvalue weighted by Gasteiger charge is -2.13. The van der Waals surface area contributed by atoms with E-state index in [1.54, 1.807) is 0 Å². The third-order valence-corrected chi connectivity index (χ3v) is 3.88. The maximum Gasteiger partial charge on any atom is 0.0831 e. The minimum atomic E-state index is -0.514. The Morgan fingerprint density at radius 3 is 2.67 bits per heavy atom. The summed E-state index contributed by atoms with van der Waals surface area (Å²) in [7, 11) is 0. The molecule has 1 atom stereocenters. The fourth-order valence-corrected chi connectivity index (χ4v) is 2.74. The highest BCUT2D eigenvalue weighted by Crippen LogP contribution is 2.25. The summed E-state index contributed by atoms with van der Waals surface area (Å²) in [6.45, 7) is 2.01. The van der Waals surface area contributed by atoms with Crippen LogP contribution in [0, 0.1) is 10.5 Å². The summed E-state index contributed by atoms with van der Waals surface area (Å²) in [5.41, 5.74) is 3.04. The van der Waals surface area contributed by atoms with Gasteiger partial charge in [-0.3, -0.25) is 0 Å². The molecule has 18 heavy (non-hydrogen) atoms. The number of hydrogen-bond donors (Lipinski definition) is 1. The van der Waals surface area contributed by atoms with E-state index in [9.17, 15) is 5.11 Å². The summed E-state index contributed by atoms with van der Waals surface area (Å²) in [6, 6.07) is 13.8. The normalized spacial score (nSPS) is 12.4. The van der Waals surface area contributed by atoms with Crippen LogP contribution in [-0.2, 0) is 6.42 Å². The highest BCUT2D eigenvalue weighted by Gasteiger charge is 2.11. The lowest BCUT2D eigenvalue weighted by atomic mass is 10.0. The molecular weight excluding hydrogens is 359 g/mol. The molecule has 0 saturated heterocycles. The van der Waals surface area contributed by atoms with Crippen LogP contribution in [0.25, 0.3) is 0 Å². The van der Waals surface area contributed by atoms with Crippen LogP contribution in [0.1, 0.15) is 22.8 Å². The van der Waals surface area contributed by atoms with Crippen LogP contribution in [0.15, 0.2) is 42.5 Å². The van der Waals surface area contributed by atoms with Crippen LogP contribution in [-0.4, -0.2) is 5.11 Å². The summed E-state index contributed by atoms with van der Waals surface area (Å²) >= 11 is 8.42. The molecule has 0 radical (unpaired) electrons. The Hall–Kier alpha value is -0.580. The van der Waals surface area contributed by atoms with Gasteiger partial charge in [-0.1, -0.05) is 35.9 Å². The van der Waals surface area contributed by atoms with Gasteiger partial charge in [0.2, 0.25) is 0 Å². The number of hydrogen-bond acceptors (Lipinski definition) is 1. The molecule has 0 aliphatic rings. The van der Waals surface area contributed by atoms with Gasteiger partial charge in [0.15, 0.2) is 0 Å². The Kier molecular flexibility index (Phi) is 4.65. The molecule has 0 saturated carbocycles. The Balaban J connectivity index is 2.18. The Morgan fingerprint density at radius 1 is 1.22 bits per heavy atom. The van der Waals surface area contributed by atoms with E-state index in [0.717, 1.165) is 25.3 Å². The van der Waals surface area contributed by atoms with Gasteiger partial charge < -0.3 is 5.11 Å². The van der Waals surface area contributed by atoms with E-state index in [1.807, 2.05) is 49.4 Å². The van der Waals surface area contributed by atoms with Crippen LogP contribution in [0.3, 0.4) is 0 Å². The second kappa shape index (κ2) is 6.04. The van der Waals surface area contributed by atoms with E-state index in [0.29, 0.717) is 6.42 Å². The van der Waals surface area contributed by atoms with Crippen molar-refractivity contribution in [1.29, 1.82) is 0 Å². The van der Waals surface area contributed by atoms with Gasteiger partial charge in [0, 0.05) is 15.0 Å². The number of aryl methyl sites for hydroxylation is 1. The molecule has 0 spiro atoms. The highest BCUT2D eigenvalue weighted by atomic mass is 127. The fourth-order valence-electron chi connectivity index (χ4n) is 1.86.